The first-order chi connectivity index (χ1) is 10.6. The number of aromatic nitrogens is 2. The van der Waals surface area contributed by atoms with Gasteiger partial charge in [-0.1, -0.05) is 0 Å². The van der Waals surface area contributed by atoms with Crippen molar-refractivity contribution in [1.82, 2.24) is 24.7 Å². The zero-order valence-corrected chi connectivity index (χ0v) is 13.0. The Labute approximate surface area is 130 Å². The van der Waals surface area contributed by atoms with Gasteiger partial charge in [-0.05, 0) is 20.2 Å². The molecule has 22 heavy (non-hydrogen) atoms. The summed E-state index contributed by atoms with van der Waals surface area (Å²) < 4.78 is 0. The normalized spacial score (nSPS) is 15.0. The van der Waals surface area contributed by atoms with Crippen LogP contribution in [-0.2, 0) is 4.79 Å². The Morgan fingerprint density at radius 3 is 2.73 bits per heavy atom. The molecular formula is C14H22N6O2. The Hall–Kier alpha value is -2.22. The molecule has 1 aliphatic heterocycles. The lowest BCUT2D eigenvalue weighted by atomic mass is 10.3. The summed E-state index contributed by atoms with van der Waals surface area (Å²) in [5.41, 5.74) is 0.377. The van der Waals surface area contributed by atoms with Crippen molar-refractivity contribution in [3.8, 4) is 0 Å². The second-order valence-electron chi connectivity index (χ2n) is 5.43. The second kappa shape index (κ2) is 7.69. The van der Waals surface area contributed by atoms with Gasteiger partial charge in [0.25, 0.3) is 5.91 Å². The fourth-order valence-electron chi connectivity index (χ4n) is 2.15. The highest BCUT2D eigenvalue weighted by molar-refractivity contribution is 5.92. The number of nitrogens with one attached hydrogen (secondary N) is 1. The third-order valence-electron chi connectivity index (χ3n) is 3.47. The molecule has 0 radical (unpaired) electrons. The van der Waals surface area contributed by atoms with Gasteiger partial charge in [0, 0.05) is 45.5 Å². The summed E-state index contributed by atoms with van der Waals surface area (Å²) in [7, 11) is 3.98. The van der Waals surface area contributed by atoms with E-state index in [-0.39, 0.29) is 5.91 Å². The summed E-state index contributed by atoms with van der Waals surface area (Å²) in [4.78, 5) is 36.9. The molecule has 0 spiro atoms. The second-order valence-corrected chi connectivity index (χ2v) is 5.43. The van der Waals surface area contributed by atoms with Gasteiger partial charge in [-0.2, -0.15) is 0 Å². The molecule has 8 heteroatoms. The van der Waals surface area contributed by atoms with Crippen LogP contribution in [0.5, 0.6) is 0 Å². The smallest absolute Gasteiger partial charge is 0.272 e. The van der Waals surface area contributed by atoms with Gasteiger partial charge >= 0.3 is 0 Å². The minimum atomic E-state index is -0.122. The molecule has 8 nitrogen and oxygen atoms in total. The van der Waals surface area contributed by atoms with Crippen molar-refractivity contribution in [1.29, 1.82) is 0 Å². The Kier molecular flexibility index (Phi) is 5.65. The highest BCUT2D eigenvalue weighted by Gasteiger charge is 2.22. The molecule has 0 atom stereocenters. The summed E-state index contributed by atoms with van der Waals surface area (Å²) in [5.74, 6) is 0.336. The van der Waals surface area contributed by atoms with E-state index < -0.39 is 0 Å². The number of likely N-dealkylation sites (N-methyl/N-ethyl adjacent to an activating group) is 1. The van der Waals surface area contributed by atoms with Crippen LogP contribution in [0, 0.1) is 0 Å². The largest absolute Gasteiger partial charge is 0.353 e. The quantitative estimate of drug-likeness (QED) is 0.704. The Bertz CT molecular complexity index is 514. The van der Waals surface area contributed by atoms with Crippen LogP contribution in [0.4, 0.5) is 5.95 Å². The first-order valence-electron chi connectivity index (χ1n) is 7.30. The van der Waals surface area contributed by atoms with Crippen molar-refractivity contribution in [2.24, 2.45) is 0 Å². The number of hydrogen-bond donors (Lipinski definition) is 1. The summed E-state index contributed by atoms with van der Waals surface area (Å²) in [6.07, 6.45) is 2.40. The molecule has 1 aliphatic rings. The number of carbonyl (C=O) groups excluding carboxylic acids is 2. The fourth-order valence-corrected chi connectivity index (χ4v) is 2.15. The molecule has 2 heterocycles. The molecule has 1 saturated heterocycles. The average molecular weight is 306 g/mol. The molecule has 0 aliphatic carbocycles. The van der Waals surface area contributed by atoms with Crippen molar-refractivity contribution in [2.75, 3.05) is 58.7 Å². The average Bonchev–Trinajstić information content (AvgIpc) is 2.54. The van der Waals surface area contributed by atoms with Crippen LogP contribution in [-0.4, -0.2) is 90.3 Å². The minimum absolute atomic E-state index is 0.122. The maximum Gasteiger partial charge on any atom is 0.272 e. The molecule has 120 valence electrons. The van der Waals surface area contributed by atoms with E-state index in [9.17, 15) is 9.59 Å². The summed E-state index contributed by atoms with van der Waals surface area (Å²) in [6, 6.07) is 1.62. The van der Waals surface area contributed by atoms with Gasteiger partial charge in [0.05, 0.1) is 0 Å². The van der Waals surface area contributed by atoms with Crippen LogP contribution in [0.25, 0.3) is 0 Å². The van der Waals surface area contributed by atoms with Gasteiger partial charge < -0.3 is 20.0 Å². The monoisotopic (exact) mass is 306 g/mol. The fraction of sp³-hybridized carbons (Fsp3) is 0.571. The van der Waals surface area contributed by atoms with Crippen LogP contribution in [0.3, 0.4) is 0 Å². The van der Waals surface area contributed by atoms with Crippen LogP contribution < -0.4 is 5.32 Å². The van der Waals surface area contributed by atoms with Crippen molar-refractivity contribution in [3.05, 3.63) is 18.0 Å². The van der Waals surface area contributed by atoms with Gasteiger partial charge in [0.2, 0.25) is 12.4 Å². The minimum Gasteiger partial charge on any atom is -0.353 e. The van der Waals surface area contributed by atoms with Crippen molar-refractivity contribution in [2.45, 2.75) is 0 Å². The number of rotatable bonds is 6. The lowest BCUT2D eigenvalue weighted by molar-refractivity contribution is -0.119. The van der Waals surface area contributed by atoms with E-state index in [2.05, 4.69) is 20.2 Å². The van der Waals surface area contributed by atoms with E-state index in [0.29, 0.717) is 44.4 Å². The molecule has 0 unspecified atom stereocenters. The Morgan fingerprint density at radius 1 is 1.36 bits per heavy atom. The lowest BCUT2D eigenvalue weighted by Gasteiger charge is -2.32. The van der Waals surface area contributed by atoms with Gasteiger partial charge in [-0.15, -0.1) is 0 Å². The zero-order chi connectivity index (χ0) is 15.9. The molecule has 2 amide bonds. The highest BCUT2D eigenvalue weighted by Crippen LogP contribution is 2.07. The van der Waals surface area contributed by atoms with Gasteiger partial charge in [0.15, 0.2) is 0 Å². The maximum absolute atomic E-state index is 12.4. The highest BCUT2D eigenvalue weighted by atomic mass is 16.2. The van der Waals surface area contributed by atoms with Gasteiger partial charge in [-0.25, -0.2) is 9.97 Å². The predicted octanol–water partition coefficient (Wildman–Crippen LogP) is -0.636. The van der Waals surface area contributed by atoms with Gasteiger partial charge in [-0.3, -0.25) is 9.59 Å². The first-order valence-corrected chi connectivity index (χ1v) is 7.30. The summed E-state index contributed by atoms with van der Waals surface area (Å²) in [5, 5.41) is 3.10. The van der Waals surface area contributed by atoms with E-state index >= 15 is 0 Å². The Balaban J connectivity index is 1.94. The van der Waals surface area contributed by atoms with Crippen molar-refractivity contribution in [3.63, 3.8) is 0 Å². The van der Waals surface area contributed by atoms with E-state index in [0.717, 1.165) is 13.0 Å². The van der Waals surface area contributed by atoms with Crippen LogP contribution >= 0.6 is 0 Å². The zero-order valence-electron chi connectivity index (χ0n) is 13.0. The number of nitrogens with zero attached hydrogens (tertiary/aromatic N) is 5. The topological polar surface area (TPSA) is 81.7 Å². The van der Waals surface area contributed by atoms with E-state index in [1.54, 1.807) is 22.1 Å². The van der Waals surface area contributed by atoms with Crippen LogP contribution in [0.2, 0.25) is 0 Å². The van der Waals surface area contributed by atoms with Gasteiger partial charge in [0.1, 0.15) is 5.69 Å². The first kappa shape index (κ1) is 16.2. The van der Waals surface area contributed by atoms with Crippen molar-refractivity contribution < 1.29 is 9.59 Å². The summed E-state index contributed by atoms with van der Waals surface area (Å²) in [6.45, 7) is 3.76. The number of amides is 2. The molecule has 1 fully saturated rings. The van der Waals surface area contributed by atoms with Crippen molar-refractivity contribution >= 4 is 18.3 Å². The third-order valence-corrected chi connectivity index (χ3v) is 3.47. The van der Waals surface area contributed by atoms with Crippen LogP contribution in [0.1, 0.15) is 10.5 Å². The molecule has 1 N–H and O–H groups in total. The number of hydrogen-bond acceptors (Lipinski definition) is 6. The summed E-state index contributed by atoms with van der Waals surface area (Å²) >= 11 is 0. The SMILES string of the molecule is CN(C)CCNc1nccc(C(=O)N2CCN(C=O)CC2)n1. The molecule has 0 bridgehead atoms. The molecule has 1 aromatic heterocycles. The lowest BCUT2D eigenvalue weighted by Crippen LogP contribution is -2.48. The number of anilines is 1. The van der Waals surface area contributed by atoms with E-state index in [1.807, 2.05) is 14.1 Å². The number of piperazine rings is 1. The standard InChI is InChI=1S/C14H22N6O2/c1-18(2)6-5-16-14-15-4-3-12(17-14)13(22)20-9-7-19(11-21)8-10-20/h3-4,11H,5-10H2,1-2H3,(H,15,16,17). The Morgan fingerprint density at radius 2 is 2.09 bits per heavy atom. The molecule has 2 rings (SSSR count). The molecule has 0 saturated carbocycles. The van der Waals surface area contributed by atoms with E-state index in [1.165, 1.54) is 0 Å². The van der Waals surface area contributed by atoms with Crippen LogP contribution in [0.15, 0.2) is 12.3 Å². The van der Waals surface area contributed by atoms with E-state index in [4.69, 9.17) is 0 Å². The number of carbonyl (C=O) groups is 2. The molecular weight excluding hydrogens is 284 g/mol. The third kappa shape index (κ3) is 4.39. The molecule has 0 aromatic carbocycles. The molecule has 1 aromatic rings. The maximum atomic E-state index is 12.4. The predicted molar refractivity (Wildman–Crippen MR) is 82.6 cm³/mol.